The highest BCUT2D eigenvalue weighted by atomic mass is 32.2. The predicted molar refractivity (Wildman–Crippen MR) is 87.0 cm³/mol. The summed E-state index contributed by atoms with van der Waals surface area (Å²) >= 11 is 1.94. The monoisotopic (exact) mass is 292 g/mol. The number of nitrogen functional groups attached to an aromatic ring is 1. The molecule has 1 fully saturated rings. The van der Waals surface area contributed by atoms with Gasteiger partial charge < -0.3 is 10.6 Å². The van der Waals surface area contributed by atoms with Crippen LogP contribution < -0.4 is 5.73 Å². The molecule has 1 heterocycles. The standard InChI is InChI=1S/C16H24N2OS/c1-15(2)11-18(9-10-20-15)14(19)16(3,4)12-5-7-13(17)8-6-12/h5-8H,9-11,17H2,1-4H3. The molecular formula is C16H24N2OS. The zero-order valence-corrected chi connectivity index (χ0v) is 13.6. The zero-order valence-electron chi connectivity index (χ0n) is 12.8. The number of hydrogen-bond donors (Lipinski definition) is 1. The summed E-state index contributed by atoms with van der Waals surface area (Å²) in [5.41, 5.74) is 6.97. The zero-order chi connectivity index (χ0) is 15.0. The van der Waals surface area contributed by atoms with Gasteiger partial charge in [0.05, 0.1) is 5.41 Å². The van der Waals surface area contributed by atoms with Crippen LogP contribution in [-0.2, 0) is 10.2 Å². The number of anilines is 1. The van der Waals surface area contributed by atoms with Crippen LogP contribution in [-0.4, -0.2) is 34.4 Å². The van der Waals surface area contributed by atoms with E-state index in [1.54, 1.807) is 0 Å². The lowest BCUT2D eigenvalue weighted by Crippen LogP contribution is -2.51. The second-order valence-corrected chi connectivity index (χ2v) is 8.38. The van der Waals surface area contributed by atoms with Gasteiger partial charge in [-0.25, -0.2) is 0 Å². The first-order chi connectivity index (χ1) is 9.22. The molecule has 20 heavy (non-hydrogen) atoms. The van der Waals surface area contributed by atoms with Crippen molar-refractivity contribution in [1.82, 2.24) is 4.90 Å². The summed E-state index contributed by atoms with van der Waals surface area (Å²) in [7, 11) is 0. The molecule has 4 heteroatoms. The van der Waals surface area contributed by atoms with E-state index in [4.69, 9.17) is 5.73 Å². The lowest BCUT2D eigenvalue weighted by Gasteiger charge is -2.41. The molecule has 0 atom stereocenters. The van der Waals surface area contributed by atoms with Crippen molar-refractivity contribution in [2.24, 2.45) is 0 Å². The number of amides is 1. The minimum absolute atomic E-state index is 0.144. The Bertz CT molecular complexity index is 494. The number of thioether (sulfide) groups is 1. The topological polar surface area (TPSA) is 46.3 Å². The van der Waals surface area contributed by atoms with E-state index in [9.17, 15) is 4.79 Å². The van der Waals surface area contributed by atoms with Gasteiger partial charge in [0.2, 0.25) is 5.91 Å². The van der Waals surface area contributed by atoms with Gasteiger partial charge in [-0.05, 0) is 45.4 Å². The van der Waals surface area contributed by atoms with E-state index in [1.165, 1.54) is 0 Å². The molecule has 0 aliphatic carbocycles. The van der Waals surface area contributed by atoms with E-state index >= 15 is 0 Å². The fraction of sp³-hybridized carbons (Fsp3) is 0.562. The molecule has 1 saturated heterocycles. The Labute approximate surface area is 125 Å². The summed E-state index contributed by atoms with van der Waals surface area (Å²) in [6.45, 7) is 10.0. The highest BCUT2D eigenvalue weighted by molar-refractivity contribution is 8.00. The summed E-state index contributed by atoms with van der Waals surface area (Å²) < 4.78 is 0.144. The molecule has 1 aromatic carbocycles. The van der Waals surface area contributed by atoms with E-state index in [1.807, 2.05) is 54.8 Å². The van der Waals surface area contributed by atoms with Crippen LogP contribution in [0.5, 0.6) is 0 Å². The Morgan fingerprint density at radius 1 is 1.30 bits per heavy atom. The van der Waals surface area contributed by atoms with Gasteiger partial charge in [0.1, 0.15) is 0 Å². The number of nitrogens with two attached hydrogens (primary N) is 1. The summed E-state index contributed by atoms with van der Waals surface area (Å²) in [6.07, 6.45) is 0. The van der Waals surface area contributed by atoms with Crippen LogP contribution >= 0.6 is 11.8 Å². The first-order valence-electron chi connectivity index (χ1n) is 7.02. The molecule has 0 aromatic heterocycles. The third-order valence-corrected chi connectivity index (χ3v) is 5.18. The van der Waals surface area contributed by atoms with Gasteiger partial charge in [0.25, 0.3) is 0 Å². The maximum atomic E-state index is 12.9. The normalized spacial score (nSPS) is 18.9. The van der Waals surface area contributed by atoms with Gasteiger partial charge in [0.15, 0.2) is 0 Å². The van der Waals surface area contributed by atoms with Crippen LogP contribution in [0.4, 0.5) is 5.69 Å². The number of carbonyl (C=O) groups excluding carboxylic acids is 1. The Hall–Kier alpha value is -1.16. The molecule has 3 nitrogen and oxygen atoms in total. The van der Waals surface area contributed by atoms with Gasteiger partial charge in [0, 0.05) is 29.3 Å². The van der Waals surface area contributed by atoms with Crippen molar-refractivity contribution in [3.05, 3.63) is 29.8 Å². The maximum Gasteiger partial charge on any atom is 0.232 e. The molecular weight excluding hydrogens is 268 g/mol. The Balaban J connectivity index is 2.20. The smallest absolute Gasteiger partial charge is 0.232 e. The summed E-state index contributed by atoms with van der Waals surface area (Å²) in [4.78, 5) is 14.9. The van der Waals surface area contributed by atoms with Gasteiger partial charge in [-0.15, -0.1) is 0 Å². The van der Waals surface area contributed by atoms with Crippen LogP contribution in [0.1, 0.15) is 33.3 Å². The van der Waals surface area contributed by atoms with Gasteiger partial charge in [-0.2, -0.15) is 11.8 Å². The van der Waals surface area contributed by atoms with Crippen LogP contribution in [0.15, 0.2) is 24.3 Å². The molecule has 1 aromatic rings. The Morgan fingerprint density at radius 3 is 2.45 bits per heavy atom. The minimum atomic E-state index is -0.508. The predicted octanol–water partition coefficient (Wildman–Crippen LogP) is 2.90. The fourth-order valence-electron chi connectivity index (χ4n) is 2.61. The third-order valence-electron chi connectivity index (χ3n) is 3.88. The van der Waals surface area contributed by atoms with Crippen molar-refractivity contribution >= 4 is 23.4 Å². The highest BCUT2D eigenvalue weighted by Crippen LogP contribution is 2.33. The van der Waals surface area contributed by atoms with Crippen molar-refractivity contribution in [3.8, 4) is 0 Å². The molecule has 0 radical (unpaired) electrons. The van der Waals surface area contributed by atoms with Crippen molar-refractivity contribution < 1.29 is 4.79 Å². The summed E-state index contributed by atoms with van der Waals surface area (Å²) in [6, 6.07) is 7.63. The first-order valence-corrected chi connectivity index (χ1v) is 8.00. The second kappa shape index (κ2) is 5.32. The lowest BCUT2D eigenvalue weighted by atomic mass is 9.83. The van der Waals surface area contributed by atoms with Crippen molar-refractivity contribution in [2.45, 2.75) is 37.9 Å². The number of benzene rings is 1. The van der Waals surface area contributed by atoms with Crippen molar-refractivity contribution in [3.63, 3.8) is 0 Å². The maximum absolute atomic E-state index is 12.9. The molecule has 2 N–H and O–H groups in total. The molecule has 1 aliphatic rings. The second-order valence-electron chi connectivity index (χ2n) is 6.58. The SMILES string of the molecule is CC1(C)CN(C(=O)C(C)(C)c2ccc(N)cc2)CCS1. The van der Waals surface area contributed by atoms with E-state index in [-0.39, 0.29) is 10.7 Å². The number of nitrogens with zero attached hydrogens (tertiary/aromatic N) is 1. The average Bonchev–Trinajstić information content (AvgIpc) is 2.37. The Kier molecular flexibility index (Phi) is 4.05. The average molecular weight is 292 g/mol. The molecule has 0 unspecified atom stereocenters. The molecule has 0 bridgehead atoms. The Morgan fingerprint density at radius 2 is 1.90 bits per heavy atom. The van der Waals surface area contributed by atoms with Crippen LogP contribution in [0.2, 0.25) is 0 Å². The highest BCUT2D eigenvalue weighted by Gasteiger charge is 2.37. The molecule has 110 valence electrons. The quantitative estimate of drug-likeness (QED) is 0.853. The number of carbonyl (C=O) groups is 1. The lowest BCUT2D eigenvalue weighted by molar-refractivity contribution is -0.136. The van der Waals surface area contributed by atoms with Gasteiger partial charge in [-0.3, -0.25) is 4.79 Å². The van der Waals surface area contributed by atoms with E-state index in [0.29, 0.717) is 0 Å². The van der Waals surface area contributed by atoms with Crippen molar-refractivity contribution in [2.75, 3.05) is 24.6 Å². The van der Waals surface area contributed by atoms with E-state index in [2.05, 4.69) is 13.8 Å². The summed E-state index contributed by atoms with van der Waals surface area (Å²) in [5.74, 6) is 1.21. The molecule has 2 rings (SSSR count). The molecule has 1 amide bonds. The summed E-state index contributed by atoms with van der Waals surface area (Å²) in [5, 5.41) is 0. The molecule has 0 spiro atoms. The van der Waals surface area contributed by atoms with Crippen molar-refractivity contribution in [1.29, 1.82) is 0 Å². The molecule has 0 saturated carbocycles. The fourth-order valence-corrected chi connectivity index (χ4v) is 3.72. The van der Waals surface area contributed by atoms with Gasteiger partial charge >= 0.3 is 0 Å². The number of rotatable bonds is 2. The first kappa shape index (κ1) is 15.2. The van der Waals surface area contributed by atoms with Crippen LogP contribution in [0, 0.1) is 0 Å². The largest absolute Gasteiger partial charge is 0.399 e. The van der Waals surface area contributed by atoms with E-state index in [0.717, 1.165) is 30.1 Å². The molecule has 1 aliphatic heterocycles. The minimum Gasteiger partial charge on any atom is -0.399 e. The third kappa shape index (κ3) is 3.11. The van der Waals surface area contributed by atoms with Crippen LogP contribution in [0.3, 0.4) is 0 Å². The van der Waals surface area contributed by atoms with Gasteiger partial charge in [-0.1, -0.05) is 12.1 Å². The number of hydrogen-bond acceptors (Lipinski definition) is 3. The van der Waals surface area contributed by atoms with E-state index < -0.39 is 5.41 Å². The van der Waals surface area contributed by atoms with Crippen LogP contribution in [0.25, 0.3) is 0 Å².